The highest BCUT2D eigenvalue weighted by molar-refractivity contribution is 5.81. The van der Waals surface area contributed by atoms with Crippen LogP contribution in [-0.2, 0) is 4.79 Å². The second-order valence-corrected chi connectivity index (χ2v) is 8.49. The Morgan fingerprint density at radius 2 is 1.88 bits per heavy atom. The number of phenols is 1. The molecule has 0 amide bonds. The molecular weight excluding hydrogens is 300 g/mol. The fourth-order valence-corrected chi connectivity index (χ4v) is 5.26. The van der Waals surface area contributed by atoms with Gasteiger partial charge in [-0.15, -0.1) is 0 Å². The van der Waals surface area contributed by atoms with E-state index in [4.69, 9.17) is 4.74 Å². The summed E-state index contributed by atoms with van der Waals surface area (Å²) in [7, 11) is 0. The highest BCUT2D eigenvalue weighted by atomic mass is 16.5. The van der Waals surface area contributed by atoms with E-state index in [-0.39, 0.29) is 11.5 Å². The summed E-state index contributed by atoms with van der Waals surface area (Å²) in [5, 5.41) is 10.8. The number of benzene rings is 1. The minimum atomic E-state index is -0.282. The van der Waals surface area contributed by atoms with Gasteiger partial charge in [0.15, 0.2) is 0 Å². The van der Waals surface area contributed by atoms with E-state index in [2.05, 4.69) is 19.9 Å². The Morgan fingerprint density at radius 1 is 1.12 bits per heavy atom. The summed E-state index contributed by atoms with van der Waals surface area (Å²) in [5.74, 6) is 2.41. The van der Waals surface area contributed by atoms with E-state index in [1.54, 1.807) is 0 Å². The molecule has 1 heterocycles. The minimum Gasteiger partial charge on any atom is -0.508 e. The van der Waals surface area contributed by atoms with Crippen LogP contribution in [0.25, 0.3) is 0 Å². The number of fused-ring (bicyclic) bond motifs is 3. The first-order valence-corrected chi connectivity index (χ1v) is 9.53. The van der Waals surface area contributed by atoms with E-state index in [1.807, 2.05) is 6.07 Å². The summed E-state index contributed by atoms with van der Waals surface area (Å²) in [4.78, 5) is 12.0. The van der Waals surface area contributed by atoms with Crippen molar-refractivity contribution >= 4 is 5.78 Å². The predicted octanol–water partition coefficient (Wildman–Crippen LogP) is 5.06. The lowest BCUT2D eigenvalue weighted by Crippen LogP contribution is -2.47. The van der Waals surface area contributed by atoms with Crippen LogP contribution in [0.3, 0.4) is 0 Å². The van der Waals surface area contributed by atoms with Gasteiger partial charge in [0.05, 0.1) is 0 Å². The van der Waals surface area contributed by atoms with Crippen molar-refractivity contribution in [2.75, 3.05) is 0 Å². The molecule has 3 nitrogen and oxygen atoms in total. The van der Waals surface area contributed by atoms with Gasteiger partial charge in [-0.1, -0.05) is 19.3 Å². The molecule has 0 radical (unpaired) electrons. The number of carbonyl (C=O) groups excluding carboxylic acids is 1. The third-order valence-electron chi connectivity index (χ3n) is 6.52. The quantitative estimate of drug-likeness (QED) is 0.783. The second kappa shape index (κ2) is 5.79. The molecule has 1 aromatic rings. The summed E-state index contributed by atoms with van der Waals surface area (Å²) in [6, 6.07) is 4.11. The first kappa shape index (κ1) is 16.0. The lowest BCUT2D eigenvalue weighted by Gasteiger charge is -2.47. The van der Waals surface area contributed by atoms with Gasteiger partial charge < -0.3 is 9.84 Å². The molecule has 2 unspecified atom stereocenters. The highest BCUT2D eigenvalue weighted by Gasteiger charge is 2.47. The maximum absolute atomic E-state index is 12.0. The van der Waals surface area contributed by atoms with Crippen molar-refractivity contribution in [1.29, 1.82) is 0 Å². The third-order valence-corrected chi connectivity index (χ3v) is 6.52. The molecule has 24 heavy (non-hydrogen) atoms. The lowest BCUT2D eigenvalue weighted by atomic mass is 9.66. The van der Waals surface area contributed by atoms with E-state index >= 15 is 0 Å². The second-order valence-electron chi connectivity index (χ2n) is 8.49. The van der Waals surface area contributed by atoms with E-state index < -0.39 is 0 Å². The van der Waals surface area contributed by atoms with Gasteiger partial charge in [0, 0.05) is 30.2 Å². The Labute approximate surface area is 144 Å². The van der Waals surface area contributed by atoms with Crippen LogP contribution in [0.15, 0.2) is 12.1 Å². The van der Waals surface area contributed by atoms with E-state index in [0.717, 1.165) is 17.7 Å². The smallest absolute Gasteiger partial charge is 0.133 e. The molecule has 0 aromatic heterocycles. The molecular formula is C21H28O3. The molecule has 1 N–H and O–H groups in total. The molecule has 2 atom stereocenters. The Kier molecular flexibility index (Phi) is 3.85. The molecule has 1 aromatic carbocycles. The van der Waals surface area contributed by atoms with Crippen LogP contribution in [0.1, 0.15) is 88.2 Å². The lowest BCUT2D eigenvalue weighted by molar-refractivity contribution is -0.124. The number of hydrogen-bond acceptors (Lipinski definition) is 3. The van der Waals surface area contributed by atoms with Crippen LogP contribution in [0.2, 0.25) is 0 Å². The molecule has 3 heteroatoms. The van der Waals surface area contributed by atoms with Gasteiger partial charge in [-0.3, -0.25) is 4.79 Å². The Hall–Kier alpha value is -1.51. The fraction of sp³-hybridized carbons (Fsp3) is 0.667. The highest BCUT2D eigenvalue weighted by Crippen LogP contribution is 2.54. The molecule has 130 valence electrons. The molecule has 2 fully saturated rings. The molecule has 4 rings (SSSR count). The Balaban J connectivity index is 1.75. The standard InChI is InChI=1S/C21H28O3/c1-21(2)17-9-8-15(22)12-16(17)20-18(23)10-14(11-19(20)24-21)13-6-4-3-5-7-13/h10-11,13,16-17,23H,3-9,12H2,1-2H3. The monoisotopic (exact) mass is 328 g/mol. The number of ether oxygens (including phenoxy) is 1. The van der Waals surface area contributed by atoms with E-state index in [1.165, 1.54) is 37.7 Å². The maximum atomic E-state index is 12.0. The van der Waals surface area contributed by atoms with Crippen molar-refractivity contribution in [3.8, 4) is 11.5 Å². The molecule has 2 saturated carbocycles. The van der Waals surface area contributed by atoms with E-state index in [0.29, 0.717) is 36.2 Å². The van der Waals surface area contributed by atoms with Crippen molar-refractivity contribution in [2.24, 2.45) is 5.92 Å². The van der Waals surface area contributed by atoms with Crippen molar-refractivity contribution in [1.82, 2.24) is 0 Å². The van der Waals surface area contributed by atoms with Crippen molar-refractivity contribution in [3.05, 3.63) is 23.3 Å². The van der Waals surface area contributed by atoms with Crippen LogP contribution >= 0.6 is 0 Å². The number of rotatable bonds is 1. The van der Waals surface area contributed by atoms with Crippen LogP contribution in [-0.4, -0.2) is 16.5 Å². The average molecular weight is 328 g/mol. The van der Waals surface area contributed by atoms with Gasteiger partial charge in [-0.05, 0) is 56.7 Å². The zero-order valence-corrected chi connectivity index (χ0v) is 14.8. The number of phenolic OH excluding ortho intramolecular Hbond substituents is 1. The molecule has 3 aliphatic rings. The number of ketones is 1. The summed E-state index contributed by atoms with van der Waals surface area (Å²) >= 11 is 0. The van der Waals surface area contributed by atoms with Gasteiger partial charge in [0.2, 0.25) is 0 Å². The zero-order chi connectivity index (χ0) is 16.9. The largest absolute Gasteiger partial charge is 0.508 e. The van der Waals surface area contributed by atoms with Gasteiger partial charge in [-0.2, -0.15) is 0 Å². The molecule has 0 spiro atoms. The maximum Gasteiger partial charge on any atom is 0.133 e. The van der Waals surface area contributed by atoms with Gasteiger partial charge in [-0.25, -0.2) is 0 Å². The van der Waals surface area contributed by atoms with Crippen molar-refractivity contribution in [2.45, 2.75) is 82.7 Å². The van der Waals surface area contributed by atoms with Gasteiger partial charge in [0.1, 0.15) is 22.9 Å². The summed E-state index contributed by atoms with van der Waals surface area (Å²) < 4.78 is 6.37. The average Bonchev–Trinajstić information content (AvgIpc) is 2.54. The molecule has 0 bridgehead atoms. The van der Waals surface area contributed by atoms with E-state index in [9.17, 15) is 9.90 Å². The zero-order valence-electron chi connectivity index (χ0n) is 14.8. The Bertz CT molecular complexity index is 655. The third kappa shape index (κ3) is 2.62. The number of aromatic hydroxyl groups is 1. The normalized spacial score (nSPS) is 29.5. The predicted molar refractivity (Wildman–Crippen MR) is 93.7 cm³/mol. The van der Waals surface area contributed by atoms with Crippen molar-refractivity contribution in [3.63, 3.8) is 0 Å². The summed E-state index contributed by atoms with van der Waals surface area (Å²) in [6.45, 7) is 4.27. The summed E-state index contributed by atoms with van der Waals surface area (Å²) in [6.07, 6.45) is 8.31. The van der Waals surface area contributed by atoms with Crippen LogP contribution in [0, 0.1) is 5.92 Å². The molecule has 1 aliphatic heterocycles. The number of hydrogen-bond donors (Lipinski definition) is 1. The first-order chi connectivity index (χ1) is 11.5. The van der Waals surface area contributed by atoms with Crippen LogP contribution in [0.5, 0.6) is 11.5 Å². The summed E-state index contributed by atoms with van der Waals surface area (Å²) in [5.41, 5.74) is 1.81. The minimum absolute atomic E-state index is 0.102. The number of carbonyl (C=O) groups is 1. The van der Waals surface area contributed by atoms with Gasteiger partial charge in [0.25, 0.3) is 0 Å². The topological polar surface area (TPSA) is 46.5 Å². The van der Waals surface area contributed by atoms with Gasteiger partial charge >= 0.3 is 0 Å². The Morgan fingerprint density at radius 3 is 2.62 bits per heavy atom. The molecule has 2 aliphatic carbocycles. The fourth-order valence-electron chi connectivity index (χ4n) is 5.26. The van der Waals surface area contributed by atoms with Crippen molar-refractivity contribution < 1.29 is 14.6 Å². The molecule has 0 saturated heterocycles. The SMILES string of the molecule is CC1(C)Oc2cc(C3CCCCC3)cc(O)c2C2CC(=O)CCC21. The van der Waals surface area contributed by atoms with Crippen LogP contribution in [0.4, 0.5) is 0 Å². The number of Topliss-reactive ketones (excluding diaryl/α,β-unsaturated/α-hetero) is 1. The first-order valence-electron chi connectivity index (χ1n) is 9.53. The van der Waals surface area contributed by atoms with Crippen LogP contribution < -0.4 is 4.74 Å².